The van der Waals surface area contributed by atoms with Gasteiger partial charge in [-0.15, -0.1) is 0 Å². The van der Waals surface area contributed by atoms with Gasteiger partial charge >= 0.3 is 0 Å². The summed E-state index contributed by atoms with van der Waals surface area (Å²) in [5.41, 5.74) is 8.43. The highest BCUT2D eigenvalue weighted by Gasteiger charge is 2.47. The second kappa shape index (κ2) is 3.99. The van der Waals surface area contributed by atoms with E-state index in [0.717, 1.165) is 0 Å². The van der Waals surface area contributed by atoms with Crippen LogP contribution >= 0.6 is 0 Å². The quantitative estimate of drug-likeness (QED) is 0.814. The normalized spacial score (nSPS) is 26.6. The molecule has 4 nitrogen and oxygen atoms in total. The van der Waals surface area contributed by atoms with E-state index in [1.54, 1.807) is 0 Å². The molecule has 0 bridgehead atoms. The Bertz CT molecular complexity index is 498. The molecular formula is C14H19N3O. The summed E-state index contributed by atoms with van der Waals surface area (Å²) in [6.45, 7) is 6.32. The lowest BCUT2D eigenvalue weighted by Gasteiger charge is -2.45. The number of aliphatic imine (C=N–C) groups is 1. The molecule has 1 atom stereocenters. The lowest BCUT2D eigenvalue weighted by atomic mass is 9.84. The van der Waals surface area contributed by atoms with Crippen molar-refractivity contribution in [2.75, 3.05) is 13.2 Å². The fourth-order valence-electron chi connectivity index (χ4n) is 3.18. The molecule has 0 saturated heterocycles. The van der Waals surface area contributed by atoms with Crippen LogP contribution in [0.1, 0.15) is 25.0 Å². The summed E-state index contributed by atoms with van der Waals surface area (Å²) >= 11 is 0. The number of ether oxygens (including phenoxy) is 1. The predicted octanol–water partition coefficient (Wildman–Crippen LogP) is 1.45. The van der Waals surface area contributed by atoms with E-state index in [2.05, 4.69) is 48.0 Å². The first kappa shape index (κ1) is 11.5. The fourth-order valence-corrected chi connectivity index (χ4v) is 3.18. The summed E-state index contributed by atoms with van der Waals surface area (Å²) in [4.78, 5) is 6.65. The van der Waals surface area contributed by atoms with Gasteiger partial charge in [-0.05, 0) is 25.0 Å². The molecule has 2 N–H and O–H groups in total. The van der Waals surface area contributed by atoms with Gasteiger partial charge in [0.2, 0.25) is 0 Å². The first-order valence-corrected chi connectivity index (χ1v) is 6.40. The Balaban J connectivity index is 2.12. The van der Waals surface area contributed by atoms with Crippen LogP contribution in [0, 0.1) is 0 Å². The van der Waals surface area contributed by atoms with Gasteiger partial charge in [-0.25, -0.2) is 0 Å². The molecule has 0 amide bonds. The summed E-state index contributed by atoms with van der Waals surface area (Å²) in [5, 5.41) is 0. The van der Waals surface area contributed by atoms with Crippen molar-refractivity contribution in [3.63, 3.8) is 0 Å². The van der Waals surface area contributed by atoms with Crippen molar-refractivity contribution < 1.29 is 4.74 Å². The molecule has 1 aromatic rings. The van der Waals surface area contributed by atoms with Crippen molar-refractivity contribution in [1.82, 2.24) is 4.90 Å². The van der Waals surface area contributed by atoms with Gasteiger partial charge in [-0.3, -0.25) is 4.99 Å². The maximum Gasteiger partial charge on any atom is 0.192 e. The monoisotopic (exact) mass is 245 g/mol. The molecule has 4 heteroatoms. The Morgan fingerprint density at radius 3 is 2.94 bits per heavy atom. The minimum absolute atomic E-state index is 0.201. The Kier molecular flexibility index (Phi) is 2.55. The van der Waals surface area contributed by atoms with Gasteiger partial charge < -0.3 is 15.4 Å². The predicted molar refractivity (Wildman–Crippen MR) is 71.2 cm³/mol. The van der Waals surface area contributed by atoms with Crippen molar-refractivity contribution in [3.8, 4) is 0 Å². The van der Waals surface area contributed by atoms with Gasteiger partial charge in [-0.2, -0.15) is 0 Å². The van der Waals surface area contributed by atoms with Crippen LogP contribution in [0.2, 0.25) is 0 Å². The van der Waals surface area contributed by atoms with Crippen molar-refractivity contribution >= 4 is 5.96 Å². The number of rotatable bonds is 1. The summed E-state index contributed by atoms with van der Waals surface area (Å²) in [6.07, 6.45) is 0. The summed E-state index contributed by atoms with van der Waals surface area (Å²) in [6, 6.07) is 8.76. The number of nitrogens with two attached hydrogens (primary N) is 1. The number of nitrogens with zero attached hydrogens (tertiary/aromatic N) is 2. The van der Waals surface area contributed by atoms with Gasteiger partial charge in [0.25, 0.3) is 0 Å². The van der Waals surface area contributed by atoms with E-state index >= 15 is 0 Å². The van der Waals surface area contributed by atoms with Crippen LogP contribution in [-0.2, 0) is 16.9 Å². The molecule has 3 rings (SSSR count). The van der Waals surface area contributed by atoms with E-state index < -0.39 is 0 Å². The first-order valence-electron chi connectivity index (χ1n) is 6.40. The summed E-state index contributed by atoms with van der Waals surface area (Å²) in [7, 11) is 0. The highest BCUT2D eigenvalue weighted by Crippen LogP contribution is 2.39. The third-order valence-electron chi connectivity index (χ3n) is 3.84. The smallest absolute Gasteiger partial charge is 0.192 e. The van der Waals surface area contributed by atoms with E-state index in [1.165, 1.54) is 11.1 Å². The van der Waals surface area contributed by atoms with Crippen molar-refractivity contribution in [3.05, 3.63) is 35.4 Å². The van der Waals surface area contributed by atoms with Crippen LogP contribution in [0.15, 0.2) is 29.3 Å². The number of guanidine groups is 1. The third kappa shape index (κ3) is 1.45. The van der Waals surface area contributed by atoms with Gasteiger partial charge in [0, 0.05) is 6.04 Å². The fraction of sp³-hybridized carbons (Fsp3) is 0.500. The third-order valence-corrected chi connectivity index (χ3v) is 3.84. The first-order chi connectivity index (χ1) is 8.65. The highest BCUT2D eigenvalue weighted by molar-refractivity contribution is 5.82. The number of fused-ring (bicyclic) bond motifs is 2. The SMILES string of the molecule is CC(C)N1C(N)=NCC12COCc1ccccc12. The summed E-state index contributed by atoms with van der Waals surface area (Å²) in [5.74, 6) is 0.630. The van der Waals surface area contributed by atoms with Gasteiger partial charge in [0.05, 0.1) is 19.8 Å². The van der Waals surface area contributed by atoms with Crippen molar-refractivity contribution in [2.24, 2.45) is 10.7 Å². The van der Waals surface area contributed by atoms with Crippen molar-refractivity contribution in [2.45, 2.75) is 32.0 Å². The molecule has 0 saturated carbocycles. The van der Waals surface area contributed by atoms with Crippen LogP contribution in [-0.4, -0.2) is 30.1 Å². The molecule has 2 aliphatic heterocycles. The molecule has 0 aliphatic carbocycles. The molecule has 1 aromatic carbocycles. The van der Waals surface area contributed by atoms with Gasteiger partial charge in [0.15, 0.2) is 5.96 Å². The topological polar surface area (TPSA) is 50.8 Å². The second-order valence-electron chi connectivity index (χ2n) is 5.32. The zero-order valence-corrected chi connectivity index (χ0v) is 10.9. The zero-order valence-electron chi connectivity index (χ0n) is 10.9. The molecule has 18 heavy (non-hydrogen) atoms. The molecule has 0 radical (unpaired) electrons. The van der Waals surface area contributed by atoms with E-state index in [1.807, 2.05) is 0 Å². The van der Waals surface area contributed by atoms with Crippen LogP contribution in [0.3, 0.4) is 0 Å². The minimum atomic E-state index is -0.201. The van der Waals surface area contributed by atoms with Gasteiger partial charge in [0.1, 0.15) is 5.54 Å². The summed E-state index contributed by atoms with van der Waals surface area (Å²) < 4.78 is 5.79. The number of hydrogen-bond acceptors (Lipinski definition) is 4. The standard InChI is InChI=1S/C14H19N3O/c1-10(2)17-13(15)16-8-14(17)9-18-7-11-5-3-4-6-12(11)14/h3-6,10H,7-9H2,1-2H3,(H2,15,16). The van der Waals surface area contributed by atoms with Crippen LogP contribution < -0.4 is 5.73 Å². The molecular weight excluding hydrogens is 226 g/mol. The maximum absolute atomic E-state index is 6.06. The highest BCUT2D eigenvalue weighted by atomic mass is 16.5. The maximum atomic E-state index is 6.06. The molecule has 2 aliphatic rings. The Labute approximate surface area is 107 Å². The molecule has 0 aromatic heterocycles. The minimum Gasteiger partial charge on any atom is -0.374 e. The van der Waals surface area contributed by atoms with Gasteiger partial charge in [-0.1, -0.05) is 24.3 Å². The lowest BCUT2D eigenvalue weighted by Crippen LogP contribution is -2.56. The van der Waals surface area contributed by atoms with Crippen LogP contribution in [0.5, 0.6) is 0 Å². The average Bonchev–Trinajstić information content (AvgIpc) is 2.68. The van der Waals surface area contributed by atoms with Crippen molar-refractivity contribution in [1.29, 1.82) is 0 Å². The largest absolute Gasteiger partial charge is 0.374 e. The average molecular weight is 245 g/mol. The Hall–Kier alpha value is -1.55. The van der Waals surface area contributed by atoms with Crippen LogP contribution in [0.4, 0.5) is 0 Å². The second-order valence-corrected chi connectivity index (χ2v) is 5.32. The van der Waals surface area contributed by atoms with E-state index in [9.17, 15) is 0 Å². The number of hydrogen-bond donors (Lipinski definition) is 1. The Morgan fingerprint density at radius 2 is 2.17 bits per heavy atom. The zero-order chi connectivity index (χ0) is 12.8. The lowest BCUT2D eigenvalue weighted by molar-refractivity contribution is -0.00325. The van der Waals surface area contributed by atoms with E-state index in [0.29, 0.717) is 31.8 Å². The molecule has 2 heterocycles. The Morgan fingerprint density at radius 1 is 1.39 bits per heavy atom. The molecule has 1 unspecified atom stereocenters. The van der Waals surface area contributed by atoms with E-state index in [4.69, 9.17) is 10.5 Å². The molecule has 0 fully saturated rings. The molecule has 96 valence electrons. The van der Waals surface area contributed by atoms with Crippen LogP contribution in [0.25, 0.3) is 0 Å². The molecule has 1 spiro atoms. The van der Waals surface area contributed by atoms with E-state index in [-0.39, 0.29) is 5.54 Å². The number of benzene rings is 1.